The fourth-order valence-electron chi connectivity index (χ4n) is 0.995. The first-order valence-electron chi connectivity index (χ1n) is 3.33. The van der Waals surface area contributed by atoms with Gasteiger partial charge >= 0.3 is 0 Å². The summed E-state index contributed by atoms with van der Waals surface area (Å²) in [5, 5.41) is 1.13. The molecule has 2 rings (SSSR count). The quantitative estimate of drug-likeness (QED) is 0.656. The van der Waals surface area contributed by atoms with Crippen LogP contribution >= 0.6 is 45.2 Å². The van der Waals surface area contributed by atoms with Crippen LogP contribution in [0.25, 0.3) is 10.9 Å². The molecule has 0 radical (unpaired) electrons. The van der Waals surface area contributed by atoms with E-state index < -0.39 is 0 Å². The summed E-state index contributed by atoms with van der Waals surface area (Å²) >= 11 is 4.62. The number of fused-ring (bicyclic) bond motifs is 1. The average Bonchev–Trinajstić information content (AvgIpc) is 2.12. The van der Waals surface area contributed by atoms with Gasteiger partial charge in [0.25, 0.3) is 0 Å². The summed E-state index contributed by atoms with van der Waals surface area (Å²) < 4.78 is 2.47. The van der Waals surface area contributed by atoms with Gasteiger partial charge in [0, 0.05) is 18.7 Å². The smallest absolute Gasteiger partial charge is 0.116 e. The van der Waals surface area contributed by atoms with Gasteiger partial charge in [-0.25, -0.2) is 9.97 Å². The summed E-state index contributed by atoms with van der Waals surface area (Å²) in [4.78, 5) is 8.16. The van der Waals surface area contributed by atoms with Crippen molar-refractivity contribution >= 4 is 56.1 Å². The van der Waals surface area contributed by atoms with E-state index in [0.717, 1.165) is 10.9 Å². The molecule has 2 nitrogen and oxygen atoms in total. The van der Waals surface area contributed by atoms with Crippen molar-refractivity contribution in [2.24, 2.45) is 0 Å². The highest BCUT2D eigenvalue weighted by Gasteiger charge is 2.01. The normalized spacial score (nSPS) is 10.5. The van der Waals surface area contributed by atoms with Crippen molar-refractivity contribution in [3.63, 3.8) is 0 Å². The molecule has 4 heteroatoms. The van der Waals surface area contributed by atoms with E-state index in [9.17, 15) is 0 Å². The molecule has 0 aliphatic carbocycles. The minimum Gasteiger partial charge on any atom is -0.244 e. The second kappa shape index (κ2) is 3.41. The molecule has 60 valence electrons. The van der Waals surface area contributed by atoms with Crippen LogP contribution in [0.1, 0.15) is 0 Å². The highest BCUT2D eigenvalue weighted by Crippen LogP contribution is 2.22. The third-order valence-electron chi connectivity index (χ3n) is 1.58. The molecule has 1 aromatic carbocycles. The van der Waals surface area contributed by atoms with Crippen molar-refractivity contribution in [3.05, 3.63) is 31.8 Å². The van der Waals surface area contributed by atoms with Crippen molar-refractivity contribution in [3.8, 4) is 0 Å². The molecule has 12 heavy (non-hydrogen) atoms. The Hall–Kier alpha value is 0.0200. The van der Waals surface area contributed by atoms with E-state index in [1.54, 1.807) is 6.33 Å². The average molecular weight is 382 g/mol. The van der Waals surface area contributed by atoms with Gasteiger partial charge < -0.3 is 0 Å². The molecule has 0 atom stereocenters. The lowest BCUT2D eigenvalue weighted by molar-refractivity contribution is 1.22. The highest BCUT2D eigenvalue weighted by molar-refractivity contribution is 14.1. The maximum Gasteiger partial charge on any atom is 0.116 e. The number of hydrogen-bond donors (Lipinski definition) is 0. The minimum atomic E-state index is 1.01. The van der Waals surface area contributed by atoms with Gasteiger partial charge in [0.05, 0.1) is 5.52 Å². The topological polar surface area (TPSA) is 25.8 Å². The zero-order valence-electron chi connectivity index (χ0n) is 5.96. The van der Waals surface area contributed by atoms with Gasteiger partial charge in [-0.2, -0.15) is 0 Å². The Labute approximate surface area is 97.1 Å². The lowest BCUT2D eigenvalue weighted by atomic mass is 10.2. The van der Waals surface area contributed by atoms with Crippen molar-refractivity contribution in [1.29, 1.82) is 0 Å². The van der Waals surface area contributed by atoms with E-state index in [1.165, 1.54) is 7.14 Å². The Morgan fingerprint density at radius 1 is 1.17 bits per heavy atom. The maximum absolute atomic E-state index is 4.16. The summed E-state index contributed by atoms with van der Waals surface area (Å²) in [6.45, 7) is 0. The van der Waals surface area contributed by atoms with Crippen LogP contribution in [-0.2, 0) is 0 Å². The van der Waals surface area contributed by atoms with Crippen LogP contribution < -0.4 is 0 Å². The minimum absolute atomic E-state index is 1.01. The lowest BCUT2D eigenvalue weighted by Crippen LogP contribution is -1.86. The molecular formula is C8H4I2N2. The van der Waals surface area contributed by atoms with Crippen molar-refractivity contribution in [1.82, 2.24) is 9.97 Å². The Kier molecular flexibility index (Phi) is 2.44. The number of hydrogen-bond acceptors (Lipinski definition) is 2. The zero-order valence-corrected chi connectivity index (χ0v) is 10.3. The van der Waals surface area contributed by atoms with Crippen LogP contribution in [-0.4, -0.2) is 9.97 Å². The number of benzene rings is 1. The summed E-state index contributed by atoms with van der Waals surface area (Å²) in [6, 6.07) is 4.08. The molecule has 0 fully saturated rings. The molecule has 0 saturated heterocycles. The highest BCUT2D eigenvalue weighted by atomic mass is 127. The Morgan fingerprint density at radius 3 is 2.83 bits per heavy atom. The van der Waals surface area contributed by atoms with Gasteiger partial charge in [-0.3, -0.25) is 0 Å². The first-order valence-corrected chi connectivity index (χ1v) is 5.48. The van der Waals surface area contributed by atoms with Gasteiger partial charge in [-0.15, -0.1) is 0 Å². The van der Waals surface area contributed by atoms with Gasteiger partial charge in [-0.05, 0) is 57.3 Å². The fraction of sp³-hybridized carbons (Fsp3) is 0. The molecule has 0 N–H and O–H groups in total. The second-order valence-corrected chi connectivity index (χ2v) is 4.56. The van der Waals surface area contributed by atoms with Crippen LogP contribution in [0.15, 0.2) is 24.7 Å². The van der Waals surface area contributed by atoms with Gasteiger partial charge in [0.15, 0.2) is 0 Å². The first-order chi connectivity index (χ1) is 5.79. The third-order valence-corrected chi connectivity index (χ3v) is 4.67. The third kappa shape index (κ3) is 1.41. The largest absolute Gasteiger partial charge is 0.244 e. The molecule has 0 aliphatic rings. The lowest BCUT2D eigenvalue weighted by Gasteiger charge is -1.99. The predicted molar refractivity (Wildman–Crippen MR) is 65.0 cm³/mol. The monoisotopic (exact) mass is 382 g/mol. The number of nitrogens with zero attached hydrogens (tertiary/aromatic N) is 2. The van der Waals surface area contributed by atoms with E-state index in [-0.39, 0.29) is 0 Å². The summed E-state index contributed by atoms with van der Waals surface area (Å²) in [7, 11) is 0. The van der Waals surface area contributed by atoms with E-state index in [4.69, 9.17) is 0 Å². The van der Waals surface area contributed by atoms with Crippen LogP contribution in [0.3, 0.4) is 0 Å². The van der Waals surface area contributed by atoms with Crippen LogP contribution in [0.5, 0.6) is 0 Å². The molecule has 1 aromatic heterocycles. The van der Waals surface area contributed by atoms with Gasteiger partial charge in [0.1, 0.15) is 6.33 Å². The van der Waals surface area contributed by atoms with Crippen LogP contribution in [0.2, 0.25) is 0 Å². The van der Waals surface area contributed by atoms with E-state index >= 15 is 0 Å². The van der Waals surface area contributed by atoms with Crippen molar-refractivity contribution in [2.45, 2.75) is 0 Å². The molecule has 0 saturated carbocycles. The fourth-order valence-corrected chi connectivity index (χ4v) is 2.06. The molecule has 0 aliphatic heterocycles. The van der Waals surface area contributed by atoms with Gasteiger partial charge in [0.2, 0.25) is 0 Å². The SMILES string of the molecule is Ic1ccc2ncncc2c1I. The molecule has 2 aromatic rings. The molecule has 0 unspecified atom stereocenters. The van der Waals surface area contributed by atoms with Crippen LogP contribution in [0.4, 0.5) is 0 Å². The van der Waals surface area contributed by atoms with Crippen molar-refractivity contribution in [2.75, 3.05) is 0 Å². The summed E-state index contributed by atoms with van der Waals surface area (Å²) in [6.07, 6.45) is 3.43. The van der Waals surface area contributed by atoms with Crippen LogP contribution in [0, 0.1) is 7.14 Å². The summed E-state index contributed by atoms with van der Waals surface area (Å²) in [5.74, 6) is 0. The Balaban J connectivity index is 2.91. The maximum atomic E-state index is 4.16. The Morgan fingerprint density at radius 2 is 2.00 bits per heavy atom. The predicted octanol–water partition coefficient (Wildman–Crippen LogP) is 2.84. The van der Waals surface area contributed by atoms with Crippen molar-refractivity contribution < 1.29 is 0 Å². The number of aromatic nitrogens is 2. The second-order valence-electron chi connectivity index (χ2n) is 2.32. The molecule has 1 heterocycles. The van der Waals surface area contributed by atoms with E-state index in [2.05, 4.69) is 61.2 Å². The Bertz CT molecular complexity index is 428. The molecule has 0 spiro atoms. The molecule has 0 amide bonds. The number of rotatable bonds is 0. The zero-order chi connectivity index (χ0) is 8.55. The first kappa shape index (κ1) is 8.61. The summed E-state index contributed by atoms with van der Waals surface area (Å²) in [5.41, 5.74) is 1.01. The standard InChI is InChI=1S/C8H4I2N2/c9-6-1-2-7-5(8(6)10)3-11-4-12-7/h1-4H. The molecule has 0 bridgehead atoms. The molecular weight excluding hydrogens is 378 g/mol. The van der Waals surface area contributed by atoms with Gasteiger partial charge in [-0.1, -0.05) is 0 Å². The number of halogens is 2. The van der Waals surface area contributed by atoms with E-state index in [1.807, 2.05) is 12.3 Å². The van der Waals surface area contributed by atoms with E-state index in [0.29, 0.717) is 0 Å².